The maximum atomic E-state index is 4.13. The van der Waals surface area contributed by atoms with Crippen molar-refractivity contribution in [3.05, 3.63) is 222 Å². The van der Waals surface area contributed by atoms with Crippen LogP contribution in [0.5, 0.6) is 0 Å². The summed E-state index contributed by atoms with van der Waals surface area (Å²) in [6.45, 7) is 8.89. The van der Waals surface area contributed by atoms with Crippen molar-refractivity contribution in [1.29, 1.82) is 0 Å². The first kappa shape index (κ1) is 31.3. The minimum Gasteiger partial charge on any atom is -0.312 e. The van der Waals surface area contributed by atoms with E-state index in [9.17, 15) is 0 Å². The topological polar surface area (TPSA) is 3.24 Å². The highest BCUT2D eigenvalue weighted by molar-refractivity contribution is 7.25. The largest absolute Gasteiger partial charge is 0.312 e. The van der Waals surface area contributed by atoms with Crippen molar-refractivity contribution in [2.75, 3.05) is 4.90 Å². The second-order valence-corrected chi connectivity index (χ2v) is 16.3. The summed E-state index contributed by atoms with van der Waals surface area (Å²) in [6, 6.07) is 59.3. The quantitative estimate of drug-likeness (QED) is 0.161. The number of hydrogen-bond acceptors (Lipinski definition) is 2. The molecule has 0 saturated carbocycles. The number of rotatable bonds is 5. The molecule has 256 valence electrons. The van der Waals surface area contributed by atoms with Gasteiger partial charge in [0.05, 0.1) is 11.1 Å². The Balaban J connectivity index is 1.28. The van der Waals surface area contributed by atoms with Gasteiger partial charge in [0.1, 0.15) is 0 Å². The minimum absolute atomic E-state index is 0.147. The van der Waals surface area contributed by atoms with E-state index in [0.29, 0.717) is 0 Å². The number of thiophene rings is 1. The summed E-state index contributed by atoms with van der Waals surface area (Å²) >= 11 is 1.88. The van der Waals surface area contributed by atoms with Crippen molar-refractivity contribution in [2.45, 2.75) is 24.7 Å². The zero-order valence-corrected chi connectivity index (χ0v) is 31.1. The summed E-state index contributed by atoms with van der Waals surface area (Å²) in [7, 11) is 0. The molecule has 54 heavy (non-hydrogen) atoms. The molecule has 7 aromatic carbocycles. The molecule has 0 aliphatic heterocycles. The number of nitrogens with zero attached hydrogens (tertiary/aromatic N) is 1. The molecule has 1 spiro atoms. The number of allylic oxidation sites excluding steroid dienone is 5. The summed E-state index contributed by atoms with van der Waals surface area (Å²) in [5.41, 5.74) is 17.2. The highest BCUT2D eigenvalue weighted by Crippen LogP contribution is 2.64. The summed E-state index contributed by atoms with van der Waals surface area (Å²) in [5, 5.41) is 2.61. The SMILES string of the molecule is C=C/C=C\C1=C(N(c2ccc3c(c2)C(C)(C)c2ccccc2-3)c2ccc3c(c2)sc2ccccc23)C2(c3ccccc31)c1ccccc1-c1ccccc12. The van der Waals surface area contributed by atoms with Crippen LogP contribution < -0.4 is 4.90 Å². The van der Waals surface area contributed by atoms with E-state index in [4.69, 9.17) is 0 Å². The second kappa shape index (κ2) is 11.4. The van der Waals surface area contributed by atoms with Crippen LogP contribution in [0.1, 0.15) is 47.2 Å². The van der Waals surface area contributed by atoms with Crippen LogP contribution in [-0.4, -0.2) is 0 Å². The smallest absolute Gasteiger partial charge is 0.0881 e. The molecular formula is C52H37NS. The van der Waals surface area contributed by atoms with E-state index in [0.717, 1.165) is 11.4 Å². The van der Waals surface area contributed by atoms with Gasteiger partial charge >= 0.3 is 0 Å². The van der Waals surface area contributed by atoms with Gasteiger partial charge in [0.25, 0.3) is 0 Å². The van der Waals surface area contributed by atoms with Gasteiger partial charge in [-0.25, -0.2) is 0 Å². The van der Waals surface area contributed by atoms with Crippen LogP contribution in [0, 0.1) is 0 Å². The lowest BCUT2D eigenvalue weighted by molar-refractivity contribution is 0.660. The van der Waals surface area contributed by atoms with Gasteiger partial charge in [-0.1, -0.05) is 166 Å². The van der Waals surface area contributed by atoms with Crippen molar-refractivity contribution in [3.8, 4) is 22.3 Å². The molecule has 11 rings (SSSR count). The summed E-state index contributed by atoms with van der Waals surface area (Å²) < 4.78 is 2.60. The van der Waals surface area contributed by atoms with E-state index in [1.807, 2.05) is 17.4 Å². The highest BCUT2D eigenvalue weighted by Gasteiger charge is 2.55. The Morgan fingerprint density at radius 3 is 1.72 bits per heavy atom. The number of fused-ring (bicyclic) bond motifs is 13. The van der Waals surface area contributed by atoms with E-state index < -0.39 is 5.41 Å². The fourth-order valence-electron chi connectivity index (χ4n) is 10.00. The van der Waals surface area contributed by atoms with Crippen molar-refractivity contribution in [3.63, 3.8) is 0 Å². The van der Waals surface area contributed by atoms with Gasteiger partial charge in [-0.3, -0.25) is 0 Å². The van der Waals surface area contributed by atoms with E-state index in [-0.39, 0.29) is 5.41 Å². The van der Waals surface area contributed by atoms with E-state index in [1.165, 1.54) is 87.1 Å². The van der Waals surface area contributed by atoms with Crippen molar-refractivity contribution < 1.29 is 0 Å². The third-order valence-electron chi connectivity index (χ3n) is 12.3. The lowest BCUT2D eigenvalue weighted by Crippen LogP contribution is -2.36. The molecule has 3 aliphatic carbocycles. The lowest BCUT2D eigenvalue weighted by Gasteiger charge is -2.40. The van der Waals surface area contributed by atoms with Crippen molar-refractivity contribution in [1.82, 2.24) is 0 Å². The van der Waals surface area contributed by atoms with Gasteiger partial charge in [-0.15, -0.1) is 11.3 Å². The maximum Gasteiger partial charge on any atom is 0.0881 e. The van der Waals surface area contributed by atoms with Gasteiger partial charge in [-0.2, -0.15) is 0 Å². The molecule has 1 nitrogen and oxygen atoms in total. The predicted molar refractivity (Wildman–Crippen MR) is 230 cm³/mol. The predicted octanol–water partition coefficient (Wildman–Crippen LogP) is 14.0. The third-order valence-corrected chi connectivity index (χ3v) is 13.4. The fourth-order valence-corrected chi connectivity index (χ4v) is 11.1. The molecule has 0 bridgehead atoms. The van der Waals surface area contributed by atoms with Gasteiger partial charge in [-0.05, 0) is 86.0 Å². The summed E-state index contributed by atoms with van der Waals surface area (Å²) in [5.74, 6) is 0. The molecule has 1 heterocycles. The van der Waals surface area contributed by atoms with E-state index in [1.54, 1.807) is 0 Å². The molecule has 0 unspecified atom stereocenters. The molecular weight excluding hydrogens is 671 g/mol. The Hall–Kier alpha value is -6.22. The number of benzene rings is 7. The Morgan fingerprint density at radius 2 is 1.02 bits per heavy atom. The van der Waals surface area contributed by atoms with E-state index >= 15 is 0 Å². The highest BCUT2D eigenvalue weighted by atomic mass is 32.1. The molecule has 8 aromatic rings. The first-order valence-electron chi connectivity index (χ1n) is 18.8. The van der Waals surface area contributed by atoms with Crippen LogP contribution in [0.25, 0.3) is 48.0 Å². The zero-order chi connectivity index (χ0) is 36.2. The third kappa shape index (κ3) is 4.04. The molecule has 0 amide bonds. The second-order valence-electron chi connectivity index (χ2n) is 15.3. The average molecular weight is 708 g/mol. The molecule has 0 N–H and O–H groups in total. The summed E-state index contributed by atoms with van der Waals surface area (Å²) in [4.78, 5) is 2.60. The molecule has 0 fully saturated rings. The van der Waals surface area contributed by atoms with Crippen LogP contribution in [0.15, 0.2) is 188 Å². The molecule has 0 radical (unpaired) electrons. The van der Waals surface area contributed by atoms with E-state index in [2.05, 4.69) is 195 Å². The normalized spacial score (nSPS) is 15.4. The first-order valence-corrected chi connectivity index (χ1v) is 19.6. The molecule has 0 saturated heterocycles. The first-order chi connectivity index (χ1) is 26.5. The molecule has 1 aromatic heterocycles. The molecule has 3 aliphatic rings. The van der Waals surface area contributed by atoms with Gasteiger partial charge < -0.3 is 4.90 Å². The maximum absolute atomic E-state index is 4.13. The van der Waals surface area contributed by atoms with Crippen molar-refractivity contribution >= 4 is 48.5 Å². The van der Waals surface area contributed by atoms with Crippen LogP contribution in [0.3, 0.4) is 0 Å². The molecule has 0 atom stereocenters. The van der Waals surface area contributed by atoms with Crippen LogP contribution in [0.2, 0.25) is 0 Å². The Morgan fingerprint density at radius 1 is 0.500 bits per heavy atom. The Labute approximate surface area is 320 Å². The minimum atomic E-state index is -0.572. The van der Waals surface area contributed by atoms with Crippen LogP contribution in [-0.2, 0) is 10.8 Å². The number of anilines is 2. The van der Waals surface area contributed by atoms with Crippen LogP contribution >= 0.6 is 11.3 Å². The Kier molecular flexibility index (Phi) is 6.61. The zero-order valence-electron chi connectivity index (χ0n) is 30.3. The van der Waals surface area contributed by atoms with Gasteiger partial charge in [0, 0.05) is 42.5 Å². The summed E-state index contributed by atoms with van der Waals surface area (Å²) in [6.07, 6.45) is 6.29. The monoisotopic (exact) mass is 707 g/mol. The van der Waals surface area contributed by atoms with Gasteiger partial charge in [0.15, 0.2) is 0 Å². The standard InChI is InChI=1S/C52H37NS/c1-4-5-16-42-38-20-9-14-25-46(38)52(44-23-12-7-18-36(44)37-19-8-13-24-45(37)52)50(42)53(34-28-30-41-40-21-10-15-26-48(40)54-49(41)32-34)33-27-29-39-35-17-6-11-22-43(35)51(2,3)47(39)31-33/h4-32H,1H2,2-3H3/b16-5-. The number of hydrogen-bond donors (Lipinski definition) is 0. The fraction of sp³-hybridized carbons (Fsp3) is 0.0769. The Bertz CT molecular complexity index is 2900. The van der Waals surface area contributed by atoms with Crippen LogP contribution in [0.4, 0.5) is 11.4 Å². The molecule has 2 heteroatoms. The average Bonchev–Trinajstić information content (AvgIpc) is 3.89. The lowest BCUT2D eigenvalue weighted by atomic mass is 9.71. The van der Waals surface area contributed by atoms with Gasteiger partial charge in [0.2, 0.25) is 0 Å². The van der Waals surface area contributed by atoms with Crippen molar-refractivity contribution in [2.24, 2.45) is 0 Å².